The fourth-order valence-electron chi connectivity index (χ4n) is 1.02. The molecule has 0 fully saturated rings. The molecule has 0 aliphatic rings. The molecule has 1 N–H and O–H groups in total. The summed E-state index contributed by atoms with van der Waals surface area (Å²) in [5.74, 6) is 0. The van der Waals surface area contributed by atoms with Crippen molar-refractivity contribution in [3.63, 3.8) is 0 Å². The van der Waals surface area contributed by atoms with Crippen LogP contribution in [0.2, 0.25) is 0 Å². The summed E-state index contributed by atoms with van der Waals surface area (Å²) in [6, 6.07) is 0. The monoisotopic (exact) mass is 168 g/mol. The van der Waals surface area contributed by atoms with Crippen LogP contribution in [0, 0.1) is 0 Å². The molecule has 0 amide bonds. The predicted molar refractivity (Wildman–Crippen MR) is 54.1 cm³/mol. The molecule has 12 heavy (non-hydrogen) atoms. The molecule has 1 atom stereocenters. The van der Waals surface area contributed by atoms with Gasteiger partial charge in [0.15, 0.2) is 0 Å². The van der Waals surface area contributed by atoms with Gasteiger partial charge >= 0.3 is 0 Å². The van der Waals surface area contributed by atoms with Crippen molar-refractivity contribution in [3.8, 4) is 0 Å². The minimum atomic E-state index is -0.429. The van der Waals surface area contributed by atoms with Crippen LogP contribution in [0.4, 0.5) is 0 Å². The Labute approximate surface area is 75.8 Å². The first-order valence-electron chi connectivity index (χ1n) is 4.62. The Balaban J connectivity index is 3.93. The standard InChI is InChI=1S/C11H20O/c1-5-7-8-10(4)11(12)9(3)6-2/h6,11-12H,4-5,7-8H2,1-3H3/b9-6+/t11-/m1/s1. The molecule has 0 spiro atoms. The maximum Gasteiger partial charge on any atom is 0.0955 e. The lowest BCUT2D eigenvalue weighted by molar-refractivity contribution is 0.242. The van der Waals surface area contributed by atoms with Gasteiger partial charge in [0.25, 0.3) is 0 Å². The van der Waals surface area contributed by atoms with Gasteiger partial charge in [0, 0.05) is 0 Å². The van der Waals surface area contributed by atoms with E-state index in [0.717, 1.165) is 30.4 Å². The van der Waals surface area contributed by atoms with Gasteiger partial charge in [-0.2, -0.15) is 0 Å². The van der Waals surface area contributed by atoms with Gasteiger partial charge in [0.2, 0.25) is 0 Å². The highest BCUT2D eigenvalue weighted by atomic mass is 16.3. The van der Waals surface area contributed by atoms with Crippen LogP contribution in [-0.4, -0.2) is 11.2 Å². The predicted octanol–water partition coefficient (Wildman–Crippen LogP) is 3.06. The van der Waals surface area contributed by atoms with Crippen molar-refractivity contribution in [1.82, 2.24) is 0 Å². The summed E-state index contributed by atoms with van der Waals surface area (Å²) in [4.78, 5) is 0. The van der Waals surface area contributed by atoms with Gasteiger partial charge in [0.05, 0.1) is 6.10 Å². The molecule has 0 aliphatic carbocycles. The molecule has 1 nitrogen and oxygen atoms in total. The van der Waals surface area contributed by atoms with Crippen molar-refractivity contribution < 1.29 is 5.11 Å². The highest BCUT2D eigenvalue weighted by molar-refractivity contribution is 5.18. The van der Waals surface area contributed by atoms with E-state index < -0.39 is 6.10 Å². The second kappa shape index (κ2) is 6.01. The smallest absolute Gasteiger partial charge is 0.0955 e. The topological polar surface area (TPSA) is 20.2 Å². The SMILES string of the molecule is C=C(CCCC)[C@H](O)/C(C)=C/C. The lowest BCUT2D eigenvalue weighted by atomic mass is 10.00. The number of unbranched alkanes of at least 4 members (excludes halogenated alkanes) is 1. The molecule has 0 aliphatic heterocycles. The molecule has 70 valence electrons. The summed E-state index contributed by atoms with van der Waals surface area (Å²) in [5, 5.41) is 9.65. The molecular formula is C11H20O. The largest absolute Gasteiger partial charge is 0.384 e. The maximum absolute atomic E-state index is 9.65. The van der Waals surface area contributed by atoms with Crippen LogP contribution in [0.5, 0.6) is 0 Å². The fraction of sp³-hybridized carbons (Fsp3) is 0.636. The Morgan fingerprint density at radius 3 is 2.58 bits per heavy atom. The van der Waals surface area contributed by atoms with Gasteiger partial charge in [-0.15, -0.1) is 0 Å². The second-order valence-corrected chi connectivity index (χ2v) is 3.20. The van der Waals surface area contributed by atoms with Gasteiger partial charge in [0.1, 0.15) is 0 Å². The third-order valence-electron chi connectivity index (χ3n) is 2.12. The van der Waals surface area contributed by atoms with Crippen LogP contribution in [0.15, 0.2) is 23.8 Å². The minimum absolute atomic E-state index is 0.429. The van der Waals surface area contributed by atoms with E-state index in [1.807, 2.05) is 19.9 Å². The number of hydrogen-bond donors (Lipinski definition) is 1. The molecule has 1 heteroatoms. The van der Waals surface area contributed by atoms with Crippen molar-refractivity contribution in [2.45, 2.75) is 46.1 Å². The highest BCUT2D eigenvalue weighted by Gasteiger charge is 2.08. The first-order chi connectivity index (χ1) is 5.63. The van der Waals surface area contributed by atoms with E-state index in [9.17, 15) is 5.11 Å². The number of rotatable bonds is 5. The van der Waals surface area contributed by atoms with Crippen LogP contribution >= 0.6 is 0 Å². The van der Waals surface area contributed by atoms with E-state index in [-0.39, 0.29) is 0 Å². The van der Waals surface area contributed by atoms with Crippen molar-refractivity contribution in [1.29, 1.82) is 0 Å². The Bertz CT molecular complexity index is 168. The highest BCUT2D eigenvalue weighted by Crippen LogP contribution is 2.15. The van der Waals surface area contributed by atoms with Crippen LogP contribution in [0.3, 0.4) is 0 Å². The third kappa shape index (κ3) is 3.72. The molecule has 0 radical (unpaired) electrons. The van der Waals surface area contributed by atoms with Crippen LogP contribution in [-0.2, 0) is 0 Å². The molecule has 0 rings (SSSR count). The fourth-order valence-corrected chi connectivity index (χ4v) is 1.02. The summed E-state index contributed by atoms with van der Waals surface area (Å²) >= 11 is 0. The second-order valence-electron chi connectivity index (χ2n) is 3.20. The third-order valence-corrected chi connectivity index (χ3v) is 2.12. The van der Waals surface area contributed by atoms with Crippen molar-refractivity contribution >= 4 is 0 Å². The number of aliphatic hydroxyl groups is 1. The van der Waals surface area contributed by atoms with E-state index in [1.54, 1.807) is 0 Å². The van der Waals surface area contributed by atoms with Crippen LogP contribution in [0.1, 0.15) is 40.0 Å². The van der Waals surface area contributed by atoms with Crippen molar-refractivity contribution in [2.24, 2.45) is 0 Å². The Morgan fingerprint density at radius 1 is 1.58 bits per heavy atom. The van der Waals surface area contributed by atoms with Crippen molar-refractivity contribution in [3.05, 3.63) is 23.8 Å². The Morgan fingerprint density at radius 2 is 2.17 bits per heavy atom. The zero-order valence-electron chi connectivity index (χ0n) is 8.43. The first kappa shape index (κ1) is 11.4. The normalized spacial score (nSPS) is 14.5. The number of aliphatic hydroxyl groups excluding tert-OH is 1. The van der Waals surface area contributed by atoms with Crippen LogP contribution in [0.25, 0.3) is 0 Å². The average Bonchev–Trinajstić information content (AvgIpc) is 2.11. The van der Waals surface area contributed by atoms with E-state index >= 15 is 0 Å². The Kier molecular flexibility index (Phi) is 5.73. The van der Waals surface area contributed by atoms with E-state index in [1.165, 1.54) is 0 Å². The average molecular weight is 168 g/mol. The number of hydrogen-bond acceptors (Lipinski definition) is 1. The molecule has 0 aromatic carbocycles. The summed E-state index contributed by atoms with van der Waals surface area (Å²) in [6.45, 7) is 9.88. The quantitative estimate of drug-likeness (QED) is 0.625. The Hall–Kier alpha value is -0.560. The maximum atomic E-state index is 9.65. The summed E-state index contributed by atoms with van der Waals surface area (Å²) in [5.41, 5.74) is 1.93. The first-order valence-corrected chi connectivity index (χ1v) is 4.62. The molecule has 0 bridgehead atoms. The lowest BCUT2D eigenvalue weighted by Gasteiger charge is -2.13. The van der Waals surface area contributed by atoms with Gasteiger partial charge in [-0.3, -0.25) is 0 Å². The summed E-state index contributed by atoms with van der Waals surface area (Å²) in [6.07, 6.45) is 4.71. The zero-order chi connectivity index (χ0) is 9.56. The minimum Gasteiger partial charge on any atom is -0.384 e. The molecule has 0 aromatic rings. The summed E-state index contributed by atoms with van der Waals surface area (Å²) < 4.78 is 0. The summed E-state index contributed by atoms with van der Waals surface area (Å²) in [7, 11) is 0. The van der Waals surface area contributed by atoms with E-state index in [0.29, 0.717) is 0 Å². The number of allylic oxidation sites excluding steroid dienone is 1. The lowest BCUT2D eigenvalue weighted by Crippen LogP contribution is -2.10. The van der Waals surface area contributed by atoms with Gasteiger partial charge < -0.3 is 5.11 Å². The van der Waals surface area contributed by atoms with Crippen LogP contribution < -0.4 is 0 Å². The van der Waals surface area contributed by atoms with Gasteiger partial charge in [-0.25, -0.2) is 0 Å². The van der Waals surface area contributed by atoms with Gasteiger partial charge in [-0.05, 0) is 37.8 Å². The molecule has 0 unspecified atom stereocenters. The molecule has 0 saturated carbocycles. The molecule has 0 heterocycles. The van der Waals surface area contributed by atoms with E-state index in [4.69, 9.17) is 0 Å². The molecular weight excluding hydrogens is 148 g/mol. The van der Waals surface area contributed by atoms with Gasteiger partial charge in [-0.1, -0.05) is 26.0 Å². The van der Waals surface area contributed by atoms with E-state index in [2.05, 4.69) is 13.5 Å². The molecule has 0 saturated heterocycles. The molecule has 0 aromatic heterocycles. The zero-order valence-corrected chi connectivity index (χ0v) is 8.43. The van der Waals surface area contributed by atoms with Crippen molar-refractivity contribution in [2.75, 3.05) is 0 Å².